The van der Waals surface area contributed by atoms with Gasteiger partial charge in [0.1, 0.15) is 0 Å². The molecule has 4 nitrogen and oxygen atoms in total. The third kappa shape index (κ3) is 8.82. The van der Waals surface area contributed by atoms with Gasteiger partial charge in [-0.1, -0.05) is 132 Å². The number of hydrogen-bond donors (Lipinski definition) is 0. The molecule has 0 heterocycles. The summed E-state index contributed by atoms with van der Waals surface area (Å²) in [6.07, 6.45) is 20.2. The second-order valence-electron chi connectivity index (χ2n) is 21.0. The molecule has 0 aliphatic heterocycles. The van der Waals surface area contributed by atoms with Crippen molar-refractivity contribution in [3.8, 4) is 0 Å². The van der Waals surface area contributed by atoms with E-state index in [4.69, 9.17) is 18.0 Å². The number of rotatable bonds is 16. The highest BCUT2D eigenvalue weighted by molar-refractivity contribution is 6.74. The number of allylic oxidation sites excluding steroid dienone is 4. The van der Waals surface area contributed by atoms with Gasteiger partial charge in [-0.15, -0.1) is 0 Å². The maximum absolute atomic E-state index is 7.57. The summed E-state index contributed by atoms with van der Waals surface area (Å²) in [4.78, 5) is 0. The molecule has 53 heavy (non-hydrogen) atoms. The van der Waals surface area contributed by atoms with Crippen LogP contribution in [0, 0.1) is 22.7 Å². The zero-order valence-corrected chi connectivity index (χ0v) is 40.8. The zero-order valence-electron chi connectivity index (χ0n) is 37.8. The molecule has 7 heteroatoms. The zero-order chi connectivity index (χ0) is 39.9. The Morgan fingerprint density at radius 1 is 0.811 bits per heavy atom. The average molecular weight is 785 g/mol. The molecule has 2 saturated carbocycles. The Hall–Kier alpha value is -0.549. The van der Waals surface area contributed by atoms with E-state index in [2.05, 4.69) is 147 Å². The van der Waals surface area contributed by atoms with Crippen molar-refractivity contribution in [1.82, 2.24) is 0 Å². The lowest BCUT2D eigenvalue weighted by atomic mass is 9.50. The minimum atomic E-state index is -2.04. The number of fused-ring (bicyclic) bond motifs is 5. The van der Waals surface area contributed by atoms with Crippen LogP contribution < -0.4 is 0 Å². The molecule has 0 radical (unpaired) electrons. The van der Waals surface area contributed by atoms with Gasteiger partial charge in [0.05, 0.1) is 31.0 Å². The van der Waals surface area contributed by atoms with Crippen LogP contribution in [0.3, 0.4) is 0 Å². The maximum Gasteiger partial charge on any atom is 0.193 e. The molecule has 4 aliphatic rings. The topological polar surface area (TPSA) is 36.9 Å². The molecule has 0 aromatic carbocycles. The van der Waals surface area contributed by atoms with Gasteiger partial charge in [-0.3, -0.25) is 0 Å². The van der Waals surface area contributed by atoms with E-state index in [1.807, 2.05) is 0 Å². The van der Waals surface area contributed by atoms with Crippen LogP contribution in [0.15, 0.2) is 47.1 Å². The van der Waals surface area contributed by atoms with Crippen molar-refractivity contribution < 1.29 is 18.0 Å². The standard InChI is InChI=1S/C46H84O4Si3/c1-18-46(19-2,50-53(20-3,21-4)22-5)29-23-31-47-34-36-25-27-39-38-26-24-35-32-37(48-51(14,15)42(6,7)8)33-41(49-52(16,17)43(9,10)11)45(35,13)40(38)28-30-44(36,39)12/h23-26,29,37,39-41H,18-22,27-28,30-34H2,1-17H3/b29-23+/t37-,39+,40+,41+,44-,45+/m1/s1. The minimum Gasteiger partial charge on any atom is -0.414 e. The lowest BCUT2D eigenvalue weighted by Gasteiger charge is -2.59. The van der Waals surface area contributed by atoms with E-state index in [0.717, 1.165) is 38.7 Å². The lowest BCUT2D eigenvalue weighted by molar-refractivity contribution is -0.0391. The van der Waals surface area contributed by atoms with Crippen LogP contribution in [-0.4, -0.2) is 56.0 Å². The largest absolute Gasteiger partial charge is 0.414 e. The normalized spacial score (nSPS) is 30.1. The van der Waals surface area contributed by atoms with Crippen LogP contribution in [0.2, 0.25) is 54.4 Å². The molecule has 2 fully saturated rings. The molecule has 0 saturated heterocycles. The Morgan fingerprint density at radius 2 is 1.40 bits per heavy atom. The van der Waals surface area contributed by atoms with Gasteiger partial charge in [-0.25, -0.2) is 0 Å². The van der Waals surface area contributed by atoms with Crippen molar-refractivity contribution in [2.24, 2.45) is 22.7 Å². The van der Waals surface area contributed by atoms with E-state index in [1.54, 1.807) is 11.1 Å². The molecule has 0 amide bonds. The highest BCUT2D eigenvalue weighted by Crippen LogP contribution is 2.64. The van der Waals surface area contributed by atoms with E-state index in [9.17, 15) is 0 Å². The van der Waals surface area contributed by atoms with Gasteiger partial charge in [0.25, 0.3) is 0 Å². The van der Waals surface area contributed by atoms with Crippen molar-refractivity contribution in [2.75, 3.05) is 13.2 Å². The molecular formula is C46H84O4Si3. The molecular weight excluding hydrogens is 701 g/mol. The van der Waals surface area contributed by atoms with Gasteiger partial charge in [-0.05, 0) is 122 Å². The summed E-state index contributed by atoms with van der Waals surface area (Å²) in [7, 11) is -5.67. The molecule has 0 aromatic heterocycles. The van der Waals surface area contributed by atoms with Crippen molar-refractivity contribution in [3.05, 3.63) is 47.1 Å². The van der Waals surface area contributed by atoms with Crippen molar-refractivity contribution in [2.45, 2.75) is 207 Å². The highest BCUT2D eigenvalue weighted by Gasteiger charge is 2.59. The van der Waals surface area contributed by atoms with E-state index < -0.39 is 25.0 Å². The maximum atomic E-state index is 7.57. The first-order valence-electron chi connectivity index (χ1n) is 21.9. The fraction of sp³-hybridized carbons (Fsp3) is 0.826. The molecule has 0 unspecified atom stereocenters. The van der Waals surface area contributed by atoms with Gasteiger partial charge in [0, 0.05) is 5.41 Å². The Balaban J connectivity index is 1.54. The molecule has 0 aromatic rings. The Labute approximate surface area is 331 Å². The van der Waals surface area contributed by atoms with E-state index in [-0.39, 0.29) is 38.7 Å². The summed E-state index contributed by atoms with van der Waals surface area (Å²) < 4.78 is 28.4. The fourth-order valence-corrected chi connectivity index (χ4v) is 15.8. The summed E-state index contributed by atoms with van der Waals surface area (Å²) in [6, 6.07) is 3.55. The second kappa shape index (κ2) is 16.4. The quantitative estimate of drug-likeness (QED) is 0.0887. The van der Waals surface area contributed by atoms with Crippen LogP contribution >= 0.6 is 0 Å². The van der Waals surface area contributed by atoms with Crippen molar-refractivity contribution in [1.29, 1.82) is 0 Å². The van der Waals surface area contributed by atoms with E-state index >= 15 is 0 Å². The van der Waals surface area contributed by atoms with E-state index in [0.29, 0.717) is 18.4 Å². The van der Waals surface area contributed by atoms with Crippen LogP contribution in [0.25, 0.3) is 0 Å². The van der Waals surface area contributed by atoms with Crippen LogP contribution in [0.5, 0.6) is 0 Å². The van der Waals surface area contributed by atoms with E-state index in [1.165, 1.54) is 36.5 Å². The van der Waals surface area contributed by atoms with Gasteiger partial charge >= 0.3 is 0 Å². The SMILES string of the molecule is CCC(/C=C/COCC1=CC[C@H]2C3=CC=C4C[C@@H](O[Si](C)(C)C(C)(C)C)C[C@H](O[Si](C)(C)C(C)(C)C)[C@]4(C)[C@H]3CC[C@]12C)(CC)O[Si](CC)(CC)CC. The molecule has 4 rings (SSSR count). The molecule has 0 bridgehead atoms. The first kappa shape index (κ1) is 45.2. The molecule has 0 spiro atoms. The Morgan fingerprint density at radius 3 is 1.94 bits per heavy atom. The lowest BCUT2D eigenvalue weighted by Crippen LogP contribution is -2.58. The number of hydrogen-bond acceptors (Lipinski definition) is 4. The fourth-order valence-electron chi connectivity index (χ4n) is 9.85. The highest BCUT2D eigenvalue weighted by atomic mass is 28.4. The third-order valence-electron chi connectivity index (χ3n) is 16.3. The summed E-state index contributed by atoms with van der Waals surface area (Å²) >= 11 is 0. The van der Waals surface area contributed by atoms with Crippen molar-refractivity contribution in [3.63, 3.8) is 0 Å². The van der Waals surface area contributed by atoms with Gasteiger partial charge < -0.3 is 18.0 Å². The predicted octanol–water partition coefficient (Wildman–Crippen LogP) is 13.9. The van der Waals surface area contributed by atoms with Crippen LogP contribution in [0.1, 0.15) is 135 Å². The smallest absolute Gasteiger partial charge is 0.193 e. The molecule has 0 N–H and O–H groups in total. The second-order valence-corrected chi connectivity index (χ2v) is 35.2. The summed E-state index contributed by atoms with van der Waals surface area (Å²) in [5.74, 6) is 1.05. The third-order valence-corrected chi connectivity index (χ3v) is 30.0. The Kier molecular flexibility index (Phi) is 13.9. The van der Waals surface area contributed by atoms with Gasteiger partial charge in [0.15, 0.2) is 25.0 Å². The first-order chi connectivity index (χ1) is 24.4. The first-order valence-corrected chi connectivity index (χ1v) is 30.2. The predicted molar refractivity (Wildman–Crippen MR) is 236 cm³/mol. The number of ether oxygens (including phenoxy) is 1. The van der Waals surface area contributed by atoms with Gasteiger partial charge in [-0.2, -0.15) is 0 Å². The average Bonchev–Trinajstić information content (AvgIpc) is 3.41. The summed E-state index contributed by atoms with van der Waals surface area (Å²) in [5.41, 5.74) is 4.74. The van der Waals surface area contributed by atoms with Crippen LogP contribution in [0.4, 0.5) is 0 Å². The summed E-state index contributed by atoms with van der Waals surface area (Å²) in [5, 5.41) is 0.349. The van der Waals surface area contributed by atoms with Crippen LogP contribution in [-0.2, 0) is 18.0 Å². The van der Waals surface area contributed by atoms with Crippen molar-refractivity contribution >= 4 is 25.0 Å². The summed E-state index contributed by atoms with van der Waals surface area (Å²) in [6.45, 7) is 42.0. The molecule has 304 valence electrons. The van der Waals surface area contributed by atoms with Gasteiger partial charge in [0.2, 0.25) is 0 Å². The minimum absolute atomic E-state index is 0.000824. The molecule has 6 atom stereocenters. The monoisotopic (exact) mass is 785 g/mol. The Bertz CT molecular complexity index is 1380. The molecule has 4 aliphatic carbocycles.